The van der Waals surface area contributed by atoms with Crippen LogP contribution in [0, 0.1) is 6.92 Å². The van der Waals surface area contributed by atoms with Gasteiger partial charge in [-0.05, 0) is 55.8 Å². The van der Waals surface area contributed by atoms with E-state index in [-0.39, 0.29) is 0 Å². The molecule has 0 radical (unpaired) electrons. The molecule has 1 heterocycles. The second-order valence-corrected chi connectivity index (χ2v) is 5.81. The lowest BCUT2D eigenvalue weighted by molar-refractivity contribution is 1.57. The largest absolute Gasteiger partial charge is 0.127 e. The number of halogens is 2. The van der Waals surface area contributed by atoms with Gasteiger partial charge in [-0.3, -0.25) is 0 Å². The maximum absolute atomic E-state index is 3.54. The van der Waals surface area contributed by atoms with Gasteiger partial charge in [-0.25, -0.2) is 0 Å². The second-order valence-electron chi connectivity index (χ2n) is 2.62. The van der Waals surface area contributed by atoms with Crippen molar-refractivity contribution in [2.24, 2.45) is 0 Å². The zero-order valence-electron chi connectivity index (χ0n) is 6.40. The standard InChI is InChI=1S/C9H6Br2S/c1-5-6-3-2-4-7(10)8(6)12-9(5)11/h2-4H,1H3. The minimum Gasteiger partial charge on any atom is -0.127 e. The van der Waals surface area contributed by atoms with Crippen LogP contribution in [0.4, 0.5) is 0 Å². The Kier molecular flexibility index (Phi) is 2.27. The van der Waals surface area contributed by atoms with E-state index in [0.717, 1.165) is 0 Å². The van der Waals surface area contributed by atoms with Crippen molar-refractivity contribution in [3.63, 3.8) is 0 Å². The minimum atomic E-state index is 1.18. The van der Waals surface area contributed by atoms with Gasteiger partial charge >= 0.3 is 0 Å². The number of hydrogen-bond donors (Lipinski definition) is 0. The fraction of sp³-hybridized carbons (Fsp3) is 0.111. The van der Waals surface area contributed by atoms with Crippen molar-refractivity contribution >= 4 is 53.3 Å². The molecule has 0 aliphatic heterocycles. The first kappa shape index (κ1) is 8.73. The van der Waals surface area contributed by atoms with Crippen LogP contribution >= 0.6 is 43.2 Å². The van der Waals surface area contributed by atoms with Gasteiger partial charge in [0, 0.05) is 9.17 Å². The van der Waals surface area contributed by atoms with Crippen LogP contribution < -0.4 is 0 Å². The Bertz CT molecular complexity index is 431. The molecule has 0 nitrogen and oxygen atoms in total. The lowest BCUT2D eigenvalue weighted by atomic mass is 10.2. The van der Waals surface area contributed by atoms with Gasteiger partial charge in [0.2, 0.25) is 0 Å². The third-order valence-electron chi connectivity index (χ3n) is 1.86. The monoisotopic (exact) mass is 304 g/mol. The average molecular weight is 306 g/mol. The highest BCUT2D eigenvalue weighted by Gasteiger charge is 2.07. The third-order valence-corrected chi connectivity index (χ3v) is 4.99. The summed E-state index contributed by atoms with van der Waals surface area (Å²) >= 11 is 8.85. The SMILES string of the molecule is Cc1c(Br)sc2c(Br)cccc12. The molecule has 0 atom stereocenters. The zero-order valence-corrected chi connectivity index (χ0v) is 10.4. The molecule has 3 heteroatoms. The normalized spacial score (nSPS) is 10.9. The van der Waals surface area contributed by atoms with E-state index in [1.165, 1.54) is 23.9 Å². The molecule has 0 saturated carbocycles. The van der Waals surface area contributed by atoms with Gasteiger partial charge in [0.1, 0.15) is 0 Å². The van der Waals surface area contributed by atoms with Crippen LogP contribution in [0.1, 0.15) is 5.56 Å². The molecule has 0 fully saturated rings. The van der Waals surface area contributed by atoms with Crippen molar-refractivity contribution in [1.82, 2.24) is 0 Å². The van der Waals surface area contributed by atoms with E-state index < -0.39 is 0 Å². The van der Waals surface area contributed by atoms with E-state index in [2.05, 4.69) is 57.0 Å². The van der Waals surface area contributed by atoms with Crippen LogP contribution in [0.15, 0.2) is 26.5 Å². The number of rotatable bonds is 0. The van der Waals surface area contributed by atoms with Gasteiger partial charge in [-0.15, -0.1) is 11.3 Å². The van der Waals surface area contributed by atoms with E-state index in [1.807, 2.05) is 0 Å². The first-order chi connectivity index (χ1) is 5.70. The second kappa shape index (κ2) is 3.13. The predicted octanol–water partition coefficient (Wildman–Crippen LogP) is 4.73. The molecule has 2 aromatic rings. The number of hydrogen-bond acceptors (Lipinski definition) is 1. The van der Waals surface area contributed by atoms with Gasteiger partial charge in [0.05, 0.1) is 3.79 Å². The van der Waals surface area contributed by atoms with Crippen LogP contribution in [0.3, 0.4) is 0 Å². The van der Waals surface area contributed by atoms with E-state index in [1.54, 1.807) is 11.3 Å². The average Bonchev–Trinajstić information content (AvgIpc) is 2.32. The van der Waals surface area contributed by atoms with Crippen LogP contribution in [-0.4, -0.2) is 0 Å². The molecule has 0 saturated heterocycles. The number of fused-ring (bicyclic) bond motifs is 1. The van der Waals surface area contributed by atoms with E-state index in [4.69, 9.17) is 0 Å². The van der Waals surface area contributed by atoms with Gasteiger partial charge in [0.25, 0.3) is 0 Å². The smallest absolute Gasteiger partial charge is 0.0740 e. The number of aryl methyl sites for hydroxylation is 1. The molecule has 0 N–H and O–H groups in total. The molecule has 0 aliphatic rings. The van der Waals surface area contributed by atoms with Gasteiger partial charge in [0.15, 0.2) is 0 Å². The highest BCUT2D eigenvalue weighted by Crippen LogP contribution is 2.38. The Morgan fingerprint density at radius 3 is 2.67 bits per heavy atom. The van der Waals surface area contributed by atoms with E-state index in [9.17, 15) is 0 Å². The summed E-state index contributed by atoms with van der Waals surface area (Å²) in [6.07, 6.45) is 0. The van der Waals surface area contributed by atoms with Crippen LogP contribution in [0.2, 0.25) is 0 Å². The van der Waals surface area contributed by atoms with Crippen molar-refractivity contribution in [3.05, 3.63) is 32.0 Å². The molecule has 0 bridgehead atoms. The van der Waals surface area contributed by atoms with Crippen LogP contribution in [0.25, 0.3) is 10.1 Å². The quantitative estimate of drug-likeness (QED) is 0.660. The molecule has 0 aliphatic carbocycles. The maximum atomic E-state index is 3.54. The molecule has 0 unspecified atom stereocenters. The van der Waals surface area contributed by atoms with E-state index in [0.29, 0.717) is 0 Å². The van der Waals surface area contributed by atoms with Crippen LogP contribution in [-0.2, 0) is 0 Å². The molecule has 12 heavy (non-hydrogen) atoms. The van der Waals surface area contributed by atoms with Crippen LogP contribution in [0.5, 0.6) is 0 Å². The molecule has 1 aromatic heterocycles. The number of thiophene rings is 1. The summed E-state index contributed by atoms with van der Waals surface area (Å²) in [5.74, 6) is 0. The van der Waals surface area contributed by atoms with Gasteiger partial charge in [-0.2, -0.15) is 0 Å². The Morgan fingerprint density at radius 1 is 1.25 bits per heavy atom. The third kappa shape index (κ3) is 1.24. The summed E-state index contributed by atoms with van der Waals surface area (Å²) < 4.78 is 3.73. The fourth-order valence-corrected chi connectivity index (χ4v) is 3.43. The molecule has 0 amide bonds. The van der Waals surface area contributed by atoms with Crippen molar-refractivity contribution in [2.45, 2.75) is 6.92 Å². The highest BCUT2D eigenvalue weighted by molar-refractivity contribution is 9.11. The number of benzene rings is 1. The Balaban J connectivity index is 2.95. The Hall–Kier alpha value is 0.140. The molecular formula is C9H6Br2S. The maximum Gasteiger partial charge on any atom is 0.0740 e. The summed E-state index contributed by atoms with van der Waals surface area (Å²) in [6, 6.07) is 6.29. The minimum absolute atomic E-state index is 1.18. The Morgan fingerprint density at radius 2 is 2.00 bits per heavy atom. The first-order valence-corrected chi connectivity index (χ1v) is 5.93. The molecule has 62 valence electrons. The lowest BCUT2D eigenvalue weighted by Gasteiger charge is -1.92. The molecule has 1 aromatic carbocycles. The first-order valence-electron chi connectivity index (χ1n) is 3.53. The zero-order chi connectivity index (χ0) is 8.72. The molecule has 2 rings (SSSR count). The summed E-state index contributed by atoms with van der Waals surface area (Å²) in [5, 5.41) is 1.33. The van der Waals surface area contributed by atoms with Crippen molar-refractivity contribution in [3.8, 4) is 0 Å². The summed E-state index contributed by atoms with van der Waals surface area (Å²) in [5.41, 5.74) is 1.33. The summed E-state index contributed by atoms with van der Waals surface area (Å²) in [7, 11) is 0. The molecular weight excluding hydrogens is 300 g/mol. The van der Waals surface area contributed by atoms with Crippen molar-refractivity contribution < 1.29 is 0 Å². The fourth-order valence-electron chi connectivity index (χ4n) is 1.18. The predicted molar refractivity (Wildman–Crippen MR) is 62.0 cm³/mol. The summed E-state index contributed by atoms with van der Waals surface area (Å²) in [6.45, 7) is 2.13. The Labute approximate surface area is 91.9 Å². The van der Waals surface area contributed by atoms with E-state index >= 15 is 0 Å². The van der Waals surface area contributed by atoms with Gasteiger partial charge in [-0.1, -0.05) is 12.1 Å². The van der Waals surface area contributed by atoms with Crippen molar-refractivity contribution in [2.75, 3.05) is 0 Å². The highest BCUT2D eigenvalue weighted by atomic mass is 79.9. The summed E-state index contributed by atoms with van der Waals surface area (Å²) in [4.78, 5) is 0. The topological polar surface area (TPSA) is 0 Å². The van der Waals surface area contributed by atoms with Gasteiger partial charge < -0.3 is 0 Å². The van der Waals surface area contributed by atoms with Crippen molar-refractivity contribution in [1.29, 1.82) is 0 Å². The molecule has 0 spiro atoms. The lowest BCUT2D eigenvalue weighted by Crippen LogP contribution is -1.68.